The normalized spacial score (nSPS) is 11.4. The first-order valence-corrected chi connectivity index (χ1v) is 7.74. The maximum atomic E-state index is 11.1. The number of phosphoric acid groups is 1. The minimum atomic E-state index is -4.56. The van der Waals surface area contributed by atoms with Crippen LogP contribution in [0.25, 0.3) is 11.1 Å². The van der Waals surface area contributed by atoms with Gasteiger partial charge in [-0.05, 0) is 48.6 Å². The lowest BCUT2D eigenvalue weighted by molar-refractivity contribution is 0.282. The fourth-order valence-corrected chi connectivity index (χ4v) is 2.77. The van der Waals surface area contributed by atoms with E-state index >= 15 is 0 Å². The van der Waals surface area contributed by atoms with Crippen molar-refractivity contribution < 1.29 is 18.9 Å². The van der Waals surface area contributed by atoms with Crippen molar-refractivity contribution in [1.29, 1.82) is 0 Å². The average Bonchev–Trinajstić information content (AvgIpc) is 2.35. The monoisotopic (exact) mass is 292 g/mol. The van der Waals surface area contributed by atoms with E-state index in [-0.39, 0.29) is 5.75 Å². The zero-order valence-corrected chi connectivity index (χ0v) is 12.5. The molecule has 0 aliphatic rings. The summed E-state index contributed by atoms with van der Waals surface area (Å²) in [7, 11) is -4.56. The van der Waals surface area contributed by atoms with Gasteiger partial charge in [-0.15, -0.1) is 0 Å². The molecule has 2 N–H and O–H groups in total. The molecule has 0 saturated heterocycles. The fourth-order valence-electron chi connectivity index (χ4n) is 2.25. The van der Waals surface area contributed by atoms with Crippen molar-refractivity contribution in [3.05, 3.63) is 53.1 Å². The van der Waals surface area contributed by atoms with Crippen molar-refractivity contribution in [2.24, 2.45) is 0 Å². The number of benzene rings is 2. The fraction of sp³-hybridized carbons (Fsp3) is 0.200. The summed E-state index contributed by atoms with van der Waals surface area (Å²) >= 11 is 0. The Morgan fingerprint density at radius 1 is 0.900 bits per heavy atom. The molecular formula is C15H17O4P. The van der Waals surface area contributed by atoms with Crippen LogP contribution in [0.2, 0.25) is 0 Å². The Balaban J connectivity index is 2.61. The third kappa shape index (κ3) is 3.10. The Labute approximate surface area is 118 Å². The van der Waals surface area contributed by atoms with Gasteiger partial charge in [0.1, 0.15) is 5.75 Å². The maximum Gasteiger partial charge on any atom is 0.524 e. The lowest BCUT2D eigenvalue weighted by Crippen LogP contribution is -1.97. The molecule has 4 nitrogen and oxygen atoms in total. The molecule has 5 heteroatoms. The average molecular weight is 292 g/mol. The summed E-state index contributed by atoms with van der Waals surface area (Å²) in [6.07, 6.45) is 0. The molecule has 0 fully saturated rings. The predicted molar refractivity (Wildman–Crippen MR) is 78.8 cm³/mol. The molecule has 0 radical (unpaired) electrons. The van der Waals surface area contributed by atoms with Gasteiger partial charge >= 0.3 is 7.82 Å². The molecule has 0 atom stereocenters. The third-order valence-corrected chi connectivity index (χ3v) is 3.67. The van der Waals surface area contributed by atoms with Crippen LogP contribution in [0, 0.1) is 20.8 Å². The number of aryl methyl sites for hydroxylation is 2. The Morgan fingerprint density at radius 2 is 1.55 bits per heavy atom. The Morgan fingerprint density at radius 3 is 2.15 bits per heavy atom. The number of phosphoric ester groups is 1. The van der Waals surface area contributed by atoms with Crippen LogP contribution in [0.4, 0.5) is 0 Å². The molecule has 2 aromatic rings. The molecular weight excluding hydrogens is 275 g/mol. The van der Waals surface area contributed by atoms with E-state index in [1.165, 1.54) is 0 Å². The number of hydrogen-bond donors (Lipinski definition) is 2. The second-order valence-electron chi connectivity index (χ2n) is 4.78. The highest BCUT2D eigenvalue weighted by Gasteiger charge is 2.20. The van der Waals surface area contributed by atoms with E-state index in [2.05, 4.69) is 0 Å². The third-order valence-electron chi connectivity index (χ3n) is 3.25. The summed E-state index contributed by atoms with van der Waals surface area (Å²) in [6, 6.07) is 11.6. The van der Waals surface area contributed by atoms with E-state index in [1.54, 1.807) is 19.9 Å². The van der Waals surface area contributed by atoms with Crippen LogP contribution >= 0.6 is 7.82 Å². The quantitative estimate of drug-likeness (QED) is 0.845. The van der Waals surface area contributed by atoms with Crippen LogP contribution in [-0.4, -0.2) is 9.79 Å². The van der Waals surface area contributed by atoms with E-state index in [0.29, 0.717) is 5.56 Å². The molecule has 0 heterocycles. The number of rotatable bonds is 3. The van der Waals surface area contributed by atoms with Gasteiger partial charge in [0.15, 0.2) is 0 Å². The predicted octanol–water partition coefficient (Wildman–Crippen LogP) is 3.75. The molecule has 0 aromatic heterocycles. The van der Waals surface area contributed by atoms with Crippen molar-refractivity contribution >= 4 is 7.82 Å². The Bertz CT molecular complexity index is 688. The van der Waals surface area contributed by atoms with Crippen LogP contribution in [-0.2, 0) is 4.57 Å². The zero-order valence-electron chi connectivity index (χ0n) is 11.6. The van der Waals surface area contributed by atoms with Crippen molar-refractivity contribution in [2.75, 3.05) is 0 Å². The zero-order chi connectivity index (χ0) is 14.9. The molecule has 0 saturated carbocycles. The van der Waals surface area contributed by atoms with Gasteiger partial charge in [0.05, 0.1) is 0 Å². The molecule has 2 aromatic carbocycles. The molecule has 20 heavy (non-hydrogen) atoms. The molecule has 2 rings (SSSR count). The van der Waals surface area contributed by atoms with E-state index in [1.807, 2.05) is 37.3 Å². The second-order valence-corrected chi connectivity index (χ2v) is 5.94. The van der Waals surface area contributed by atoms with Gasteiger partial charge in [-0.1, -0.05) is 36.4 Å². The highest BCUT2D eigenvalue weighted by Crippen LogP contribution is 2.43. The van der Waals surface area contributed by atoms with E-state index < -0.39 is 7.82 Å². The van der Waals surface area contributed by atoms with Crippen molar-refractivity contribution in [3.8, 4) is 16.9 Å². The van der Waals surface area contributed by atoms with Crippen LogP contribution in [0.15, 0.2) is 36.4 Å². The van der Waals surface area contributed by atoms with Crippen molar-refractivity contribution in [3.63, 3.8) is 0 Å². The van der Waals surface area contributed by atoms with Crippen molar-refractivity contribution in [2.45, 2.75) is 20.8 Å². The van der Waals surface area contributed by atoms with E-state index in [0.717, 1.165) is 22.3 Å². The SMILES string of the molecule is Cc1ccccc1-c1ccc(C)c(OP(=O)(O)O)c1C. The summed E-state index contributed by atoms with van der Waals surface area (Å²) in [6.45, 7) is 5.57. The molecule has 0 aliphatic carbocycles. The smallest absolute Gasteiger partial charge is 0.404 e. The standard InChI is InChI=1S/C15H17O4P/c1-10-6-4-5-7-13(10)14-9-8-11(2)15(12(14)3)19-20(16,17)18/h4-9H,1-3H3,(H2,16,17,18). The minimum absolute atomic E-state index is 0.249. The van der Waals surface area contributed by atoms with Gasteiger partial charge in [0, 0.05) is 0 Å². The first-order valence-electron chi connectivity index (χ1n) is 6.21. The highest BCUT2D eigenvalue weighted by atomic mass is 31.2. The first-order chi connectivity index (χ1) is 9.29. The molecule has 0 amide bonds. The van der Waals surface area contributed by atoms with E-state index in [9.17, 15) is 4.57 Å². The lowest BCUT2D eigenvalue weighted by atomic mass is 9.95. The molecule has 0 spiro atoms. The summed E-state index contributed by atoms with van der Waals surface area (Å²) in [5.41, 5.74) is 4.46. The Hall–Kier alpha value is -1.61. The maximum absolute atomic E-state index is 11.1. The minimum Gasteiger partial charge on any atom is -0.404 e. The van der Waals surface area contributed by atoms with Gasteiger partial charge in [-0.25, -0.2) is 4.57 Å². The van der Waals surface area contributed by atoms with E-state index in [4.69, 9.17) is 14.3 Å². The van der Waals surface area contributed by atoms with Gasteiger partial charge < -0.3 is 4.52 Å². The molecule has 106 valence electrons. The van der Waals surface area contributed by atoms with Gasteiger partial charge in [-0.2, -0.15) is 0 Å². The van der Waals surface area contributed by atoms with Crippen LogP contribution < -0.4 is 4.52 Å². The molecule has 0 bridgehead atoms. The summed E-state index contributed by atoms with van der Waals surface area (Å²) in [5.74, 6) is 0.249. The van der Waals surface area contributed by atoms with Crippen LogP contribution in [0.3, 0.4) is 0 Å². The first kappa shape index (κ1) is 14.8. The number of hydrogen-bond acceptors (Lipinski definition) is 2. The molecule has 0 unspecified atom stereocenters. The van der Waals surface area contributed by atoms with Gasteiger partial charge in [-0.3, -0.25) is 9.79 Å². The van der Waals surface area contributed by atoms with Crippen LogP contribution in [0.1, 0.15) is 16.7 Å². The largest absolute Gasteiger partial charge is 0.524 e. The van der Waals surface area contributed by atoms with Crippen molar-refractivity contribution in [1.82, 2.24) is 0 Å². The summed E-state index contributed by atoms with van der Waals surface area (Å²) in [5, 5.41) is 0. The van der Waals surface area contributed by atoms with Gasteiger partial charge in [0.2, 0.25) is 0 Å². The van der Waals surface area contributed by atoms with Gasteiger partial charge in [0.25, 0.3) is 0 Å². The topological polar surface area (TPSA) is 66.8 Å². The summed E-state index contributed by atoms with van der Waals surface area (Å²) in [4.78, 5) is 18.0. The Kier molecular flexibility index (Phi) is 4.00. The van der Waals surface area contributed by atoms with Crippen LogP contribution in [0.5, 0.6) is 5.75 Å². The molecule has 0 aliphatic heterocycles. The highest BCUT2D eigenvalue weighted by molar-refractivity contribution is 7.46. The second kappa shape index (κ2) is 5.41. The summed E-state index contributed by atoms with van der Waals surface area (Å²) < 4.78 is 15.9. The lowest BCUT2D eigenvalue weighted by Gasteiger charge is -2.16.